The first-order valence-electron chi connectivity index (χ1n) is 7.05. The minimum Gasteiger partial charge on any atom is -0.386 e. The lowest BCUT2D eigenvalue weighted by Crippen LogP contribution is -2.15. The van der Waals surface area contributed by atoms with Crippen LogP contribution < -0.4 is 0 Å². The van der Waals surface area contributed by atoms with E-state index in [-0.39, 0.29) is 5.82 Å². The van der Waals surface area contributed by atoms with Gasteiger partial charge in [0.2, 0.25) is 0 Å². The summed E-state index contributed by atoms with van der Waals surface area (Å²) >= 11 is 2.20. The van der Waals surface area contributed by atoms with E-state index in [1.807, 2.05) is 18.3 Å². The lowest BCUT2D eigenvalue weighted by molar-refractivity contribution is 0.0782. The Hall–Kier alpha value is -1.80. The molecule has 2 aromatic heterocycles. The Labute approximate surface area is 147 Å². The summed E-state index contributed by atoms with van der Waals surface area (Å²) in [6.45, 7) is 3.44. The van der Waals surface area contributed by atoms with Gasteiger partial charge in [-0.05, 0) is 66.8 Å². The Bertz CT molecular complexity index is 821. The van der Waals surface area contributed by atoms with E-state index in [0.717, 1.165) is 26.2 Å². The van der Waals surface area contributed by atoms with Crippen molar-refractivity contribution >= 4 is 22.6 Å². The summed E-state index contributed by atoms with van der Waals surface area (Å²) < 4.78 is 15.7. The van der Waals surface area contributed by atoms with E-state index >= 15 is 0 Å². The molecule has 1 aromatic carbocycles. The standard InChI is InChI=1S/C17H15FIN3O/c1-17(2,23)11-3-8-15(20-9-11)16-14(19)10-22(21-16)13-6-4-12(18)5-7-13/h3-10,23H,1-2H3. The maximum Gasteiger partial charge on any atom is 0.124 e. The van der Waals surface area contributed by atoms with Gasteiger partial charge in [0.1, 0.15) is 11.5 Å². The predicted octanol–water partition coefficient (Wildman–Crippen LogP) is 3.91. The number of hydrogen-bond acceptors (Lipinski definition) is 3. The molecular formula is C17H15FIN3O. The molecule has 0 atom stereocenters. The number of rotatable bonds is 3. The first kappa shape index (κ1) is 16.1. The normalized spacial score (nSPS) is 11.7. The molecule has 0 aliphatic heterocycles. The number of halogens is 2. The first-order chi connectivity index (χ1) is 10.8. The third-order valence-electron chi connectivity index (χ3n) is 3.47. The van der Waals surface area contributed by atoms with Crippen LogP contribution in [0.2, 0.25) is 0 Å². The largest absolute Gasteiger partial charge is 0.386 e. The topological polar surface area (TPSA) is 50.9 Å². The van der Waals surface area contributed by atoms with Gasteiger partial charge < -0.3 is 5.11 Å². The highest BCUT2D eigenvalue weighted by Crippen LogP contribution is 2.26. The highest BCUT2D eigenvalue weighted by molar-refractivity contribution is 14.1. The number of pyridine rings is 1. The Morgan fingerprint density at radius 1 is 1.13 bits per heavy atom. The van der Waals surface area contributed by atoms with Gasteiger partial charge in [-0.2, -0.15) is 5.10 Å². The molecule has 3 rings (SSSR count). The van der Waals surface area contributed by atoms with Gasteiger partial charge in [0, 0.05) is 18.0 Å². The third-order valence-corrected chi connectivity index (χ3v) is 4.26. The molecule has 0 unspecified atom stereocenters. The summed E-state index contributed by atoms with van der Waals surface area (Å²) in [5.41, 5.74) is 2.07. The van der Waals surface area contributed by atoms with Crippen molar-refractivity contribution in [2.24, 2.45) is 0 Å². The average Bonchev–Trinajstić information content (AvgIpc) is 2.89. The molecule has 0 aliphatic carbocycles. The van der Waals surface area contributed by atoms with Crippen molar-refractivity contribution in [2.45, 2.75) is 19.4 Å². The van der Waals surface area contributed by atoms with E-state index in [4.69, 9.17) is 0 Å². The highest BCUT2D eigenvalue weighted by Gasteiger charge is 2.17. The Kier molecular flexibility index (Phi) is 4.20. The van der Waals surface area contributed by atoms with Crippen LogP contribution in [0, 0.1) is 9.39 Å². The minimum absolute atomic E-state index is 0.278. The van der Waals surface area contributed by atoms with Crippen molar-refractivity contribution < 1.29 is 9.50 Å². The van der Waals surface area contributed by atoms with Crippen LogP contribution in [0.15, 0.2) is 48.8 Å². The van der Waals surface area contributed by atoms with Crippen LogP contribution in [-0.2, 0) is 5.60 Å². The molecule has 23 heavy (non-hydrogen) atoms. The molecule has 0 amide bonds. The van der Waals surface area contributed by atoms with Crippen LogP contribution >= 0.6 is 22.6 Å². The van der Waals surface area contributed by atoms with Gasteiger partial charge in [0.25, 0.3) is 0 Å². The molecule has 0 aliphatic rings. The van der Waals surface area contributed by atoms with Crippen molar-refractivity contribution in [3.63, 3.8) is 0 Å². The second kappa shape index (κ2) is 6.01. The molecule has 6 heteroatoms. The van der Waals surface area contributed by atoms with Crippen LogP contribution in [0.4, 0.5) is 4.39 Å². The van der Waals surface area contributed by atoms with Crippen LogP contribution in [0.3, 0.4) is 0 Å². The van der Waals surface area contributed by atoms with Crippen LogP contribution in [0.1, 0.15) is 19.4 Å². The number of aliphatic hydroxyl groups is 1. The van der Waals surface area contributed by atoms with Gasteiger partial charge in [0.05, 0.1) is 20.6 Å². The average molecular weight is 423 g/mol. The fourth-order valence-electron chi connectivity index (χ4n) is 2.15. The van der Waals surface area contributed by atoms with Gasteiger partial charge in [-0.1, -0.05) is 6.07 Å². The molecular weight excluding hydrogens is 408 g/mol. The highest BCUT2D eigenvalue weighted by atomic mass is 127. The predicted molar refractivity (Wildman–Crippen MR) is 94.7 cm³/mol. The number of hydrogen-bond donors (Lipinski definition) is 1. The van der Waals surface area contributed by atoms with Gasteiger partial charge >= 0.3 is 0 Å². The Morgan fingerprint density at radius 3 is 2.39 bits per heavy atom. The lowest BCUT2D eigenvalue weighted by Gasteiger charge is -2.17. The molecule has 0 saturated carbocycles. The lowest BCUT2D eigenvalue weighted by atomic mass is 10.0. The second-order valence-corrected chi connectivity index (χ2v) is 6.90. The van der Waals surface area contributed by atoms with Crippen molar-refractivity contribution in [3.05, 3.63) is 63.7 Å². The summed E-state index contributed by atoms with van der Waals surface area (Å²) in [5, 5.41) is 14.5. The molecule has 4 nitrogen and oxygen atoms in total. The molecule has 3 aromatic rings. The molecule has 0 spiro atoms. The first-order valence-corrected chi connectivity index (χ1v) is 8.13. The summed E-state index contributed by atoms with van der Waals surface area (Å²) in [6, 6.07) is 9.84. The third kappa shape index (κ3) is 3.42. The van der Waals surface area contributed by atoms with Crippen LogP contribution in [0.25, 0.3) is 17.1 Å². The van der Waals surface area contributed by atoms with E-state index < -0.39 is 5.60 Å². The quantitative estimate of drug-likeness (QED) is 0.651. The summed E-state index contributed by atoms with van der Waals surface area (Å²) in [4.78, 5) is 4.40. The van der Waals surface area contributed by atoms with Crippen molar-refractivity contribution in [2.75, 3.05) is 0 Å². The Balaban J connectivity index is 1.96. The fraction of sp³-hybridized carbons (Fsp3) is 0.176. The molecule has 1 N–H and O–H groups in total. The number of nitrogens with zero attached hydrogens (tertiary/aromatic N) is 3. The summed E-state index contributed by atoms with van der Waals surface area (Å²) in [7, 11) is 0. The van der Waals surface area contributed by atoms with Gasteiger partial charge in [0.15, 0.2) is 0 Å². The molecule has 0 bridgehead atoms. The molecule has 0 radical (unpaired) electrons. The smallest absolute Gasteiger partial charge is 0.124 e. The van der Waals surface area contributed by atoms with Crippen LogP contribution in [-0.4, -0.2) is 19.9 Å². The zero-order valence-corrected chi connectivity index (χ0v) is 14.8. The van der Waals surface area contributed by atoms with Gasteiger partial charge in [-0.3, -0.25) is 4.98 Å². The SMILES string of the molecule is CC(C)(O)c1ccc(-c2nn(-c3ccc(F)cc3)cc2I)nc1. The summed E-state index contributed by atoms with van der Waals surface area (Å²) in [5.74, 6) is -0.278. The zero-order valence-electron chi connectivity index (χ0n) is 12.7. The molecule has 0 fully saturated rings. The number of benzene rings is 1. The Morgan fingerprint density at radius 2 is 1.83 bits per heavy atom. The van der Waals surface area contributed by atoms with Crippen molar-refractivity contribution in [1.82, 2.24) is 14.8 Å². The maximum atomic E-state index is 13.0. The van der Waals surface area contributed by atoms with Crippen LogP contribution in [0.5, 0.6) is 0 Å². The molecule has 0 saturated heterocycles. The second-order valence-electron chi connectivity index (χ2n) is 5.74. The maximum absolute atomic E-state index is 13.0. The fourth-order valence-corrected chi connectivity index (χ4v) is 2.80. The zero-order chi connectivity index (χ0) is 16.6. The van der Waals surface area contributed by atoms with E-state index in [9.17, 15) is 9.50 Å². The number of aromatic nitrogens is 3. The van der Waals surface area contributed by atoms with Crippen molar-refractivity contribution in [1.29, 1.82) is 0 Å². The van der Waals surface area contributed by atoms with E-state index in [2.05, 4.69) is 32.7 Å². The van der Waals surface area contributed by atoms with E-state index in [0.29, 0.717) is 0 Å². The van der Waals surface area contributed by atoms with E-state index in [1.165, 1.54) is 12.1 Å². The van der Waals surface area contributed by atoms with Gasteiger partial charge in [-0.15, -0.1) is 0 Å². The van der Waals surface area contributed by atoms with E-state index in [1.54, 1.807) is 36.9 Å². The van der Waals surface area contributed by atoms with Gasteiger partial charge in [-0.25, -0.2) is 9.07 Å². The molecule has 2 heterocycles. The minimum atomic E-state index is -0.924. The monoisotopic (exact) mass is 423 g/mol. The summed E-state index contributed by atoms with van der Waals surface area (Å²) in [6.07, 6.45) is 3.52. The van der Waals surface area contributed by atoms with Crippen molar-refractivity contribution in [3.8, 4) is 17.1 Å². The molecule has 118 valence electrons.